The Balaban J connectivity index is 2.70. The molecule has 7 heteroatoms. The molecule has 1 heterocycles. The number of rotatable bonds is 4. The summed E-state index contributed by atoms with van der Waals surface area (Å²) in [6.07, 6.45) is 2.91. The smallest absolute Gasteiger partial charge is 0.253 e. The zero-order valence-corrected chi connectivity index (χ0v) is 11.7. The third-order valence-corrected chi connectivity index (χ3v) is 3.99. The lowest BCUT2D eigenvalue weighted by Crippen LogP contribution is -2.32. The van der Waals surface area contributed by atoms with E-state index in [0.717, 1.165) is 0 Å². The number of halogens is 2. The molecule has 1 rings (SSSR count). The van der Waals surface area contributed by atoms with Crippen molar-refractivity contribution in [3.8, 4) is 0 Å². The van der Waals surface area contributed by atoms with Gasteiger partial charge in [0.1, 0.15) is 5.15 Å². The SMILES string of the molecule is CC(CNC(=O)c1cc(Cl)ncc1Cl)S(C)=O. The van der Waals surface area contributed by atoms with Gasteiger partial charge in [-0.25, -0.2) is 4.98 Å². The molecule has 0 bridgehead atoms. The number of nitrogens with zero attached hydrogens (tertiary/aromatic N) is 1. The van der Waals surface area contributed by atoms with E-state index in [1.165, 1.54) is 12.3 Å². The molecule has 0 aliphatic heterocycles. The normalized spacial score (nSPS) is 14.1. The third-order valence-electron chi connectivity index (χ3n) is 2.18. The molecule has 0 saturated heterocycles. The van der Waals surface area contributed by atoms with Gasteiger partial charge in [-0.05, 0) is 13.0 Å². The van der Waals surface area contributed by atoms with Crippen LogP contribution in [0.2, 0.25) is 10.2 Å². The van der Waals surface area contributed by atoms with E-state index in [1.54, 1.807) is 13.2 Å². The van der Waals surface area contributed by atoms with Crippen molar-refractivity contribution in [3.63, 3.8) is 0 Å². The van der Waals surface area contributed by atoms with Crippen LogP contribution in [-0.2, 0) is 10.8 Å². The van der Waals surface area contributed by atoms with E-state index >= 15 is 0 Å². The van der Waals surface area contributed by atoms with Crippen LogP contribution in [-0.4, -0.2) is 33.2 Å². The summed E-state index contributed by atoms with van der Waals surface area (Å²) in [5.41, 5.74) is 0.265. The highest BCUT2D eigenvalue weighted by Crippen LogP contribution is 2.17. The minimum absolute atomic E-state index is 0.116. The number of amides is 1. The average molecular weight is 295 g/mol. The Kier molecular flexibility index (Phi) is 5.36. The first-order valence-electron chi connectivity index (χ1n) is 4.83. The summed E-state index contributed by atoms with van der Waals surface area (Å²) in [4.78, 5) is 15.5. The van der Waals surface area contributed by atoms with Crippen LogP contribution >= 0.6 is 23.2 Å². The quantitative estimate of drug-likeness (QED) is 0.863. The van der Waals surface area contributed by atoms with E-state index in [1.807, 2.05) is 0 Å². The van der Waals surface area contributed by atoms with Crippen molar-refractivity contribution in [1.29, 1.82) is 0 Å². The van der Waals surface area contributed by atoms with Crippen LogP contribution in [0, 0.1) is 0 Å². The monoisotopic (exact) mass is 294 g/mol. The van der Waals surface area contributed by atoms with E-state index in [2.05, 4.69) is 10.3 Å². The molecule has 1 aromatic heterocycles. The summed E-state index contributed by atoms with van der Waals surface area (Å²) in [5, 5.41) is 2.96. The van der Waals surface area contributed by atoms with Gasteiger partial charge in [0, 0.05) is 35.0 Å². The number of hydrogen-bond acceptors (Lipinski definition) is 3. The summed E-state index contributed by atoms with van der Waals surface area (Å²) in [6, 6.07) is 1.40. The van der Waals surface area contributed by atoms with Crippen molar-refractivity contribution in [2.24, 2.45) is 0 Å². The van der Waals surface area contributed by atoms with Crippen molar-refractivity contribution in [2.45, 2.75) is 12.2 Å². The molecule has 4 nitrogen and oxygen atoms in total. The van der Waals surface area contributed by atoms with Crippen LogP contribution < -0.4 is 5.32 Å². The molecular formula is C10H12Cl2N2O2S. The second-order valence-electron chi connectivity index (χ2n) is 3.51. The Morgan fingerprint density at radius 2 is 2.24 bits per heavy atom. The summed E-state index contributed by atoms with van der Waals surface area (Å²) < 4.78 is 11.1. The fraction of sp³-hybridized carbons (Fsp3) is 0.400. The number of aromatic nitrogens is 1. The first kappa shape index (κ1) is 14.4. The molecule has 0 fully saturated rings. The van der Waals surface area contributed by atoms with Crippen molar-refractivity contribution in [3.05, 3.63) is 28.0 Å². The highest BCUT2D eigenvalue weighted by Gasteiger charge is 2.13. The molecule has 17 heavy (non-hydrogen) atoms. The largest absolute Gasteiger partial charge is 0.351 e. The van der Waals surface area contributed by atoms with E-state index in [4.69, 9.17) is 23.2 Å². The van der Waals surface area contributed by atoms with Gasteiger partial charge in [-0.1, -0.05) is 23.2 Å². The Morgan fingerprint density at radius 3 is 2.82 bits per heavy atom. The van der Waals surface area contributed by atoms with E-state index in [9.17, 15) is 9.00 Å². The van der Waals surface area contributed by atoms with E-state index in [0.29, 0.717) is 6.54 Å². The molecule has 0 aliphatic rings. The van der Waals surface area contributed by atoms with Gasteiger partial charge in [0.15, 0.2) is 0 Å². The van der Waals surface area contributed by atoms with Crippen molar-refractivity contribution in [2.75, 3.05) is 12.8 Å². The molecule has 0 aliphatic carbocycles. The number of hydrogen-bond donors (Lipinski definition) is 1. The second kappa shape index (κ2) is 6.33. The maximum absolute atomic E-state index is 11.8. The molecule has 0 aromatic carbocycles. The molecule has 1 aromatic rings. The van der Waals surface area contributed by atoms with Crippen LogP contribution in [0.3, 0.4) is 0 Å². The topological polar surface area (TPSA) is 59.1 Å². The summed E-state index contributed by atoms with van der Waals surface area (Å²) in [7, 11) is -0.979. The standard InChI is InChI=1S/C10H12Cl2N2O2S/c1-6(17(2)16)4-14-10(15)7-3-9(12)13-5-8(7)11/h3,5-6H,4H2,1-2H3,(H,14,15). The molecule has 1 amide bonds. The van der Waals surface area contributed by atoms with Gasteiger partial charge in [-0.2, -0.15) is 0 Å². The average Bonchev–Trinajstić information content (AvgIpc) is 2.28. The van der Waals surface area contributed by atoms with Crippen molar-refractivity contribution < 1.29 is 9.00 Å². The summed E-state index contributed by atoms with van der Waals surface area (Å²) >= 11 is 11.5. The van der Waals surface area contributed by atoms with Crippen LogP contribution in [0.4, 0.5) is 0 Å². The molecule has 2 unspecified atom stereocenters. The Bertz CT molecular complexity index is 454. The first-order valence-corrected chi connectivity index (χ1v) is 7.21. The highest BCUT2D eigenvalue weighted by atomic mass is 35.5. The van der Waals surface area contributed by atoms with Gasteiger partial charge < -0.3 is 5.32 Å². The first-order chi connectivity index (χ1) is 7.91. The Labute approximate surface area is 112 Å². The predicted molar refractivity (Wildman–Crippen MR) is 70.1 cm³/mol. The zero-order chi connectivity index (χ0) is 13.0. The van der Waals surface area contributed by atoms with Crippen LogP contribution in [0.15, 0.2) is 12.3 Å². The Hall–Kier alpha value is -0.650. The highest BCUT2D eigenvalue weighted by molar-refractivity contribution is 7.84. The zero-order valence-electron chi connectivity index (χ0n) is 9.37. The van der Waals surface area contributed by atoms with Gasteiger partial charge in [-0.15, -0.1) is 0 Å². The summed E-state index contributed by atoms with van der Waals surface area (Å²) in [6.45, 7) is 2.11. The fourth-order valence-corrected chi connectivity index (χ4v) is 1.70. The van der Waals surface area contributed by atoms with Crippen LogP contribution in [0.5, 0.6) is 0 Å². The third kappa shape index (κ3) is 4.26. The molecule has 94 valence electrons. The van der Waals surface area contributed by atoms with Gasteiger partial charge in [0.05, 0.1) is 10.6 Å². The molecule has 0 radical (unpaired) electrons. The lowest BCUT2D eigenvalue weighted by molar-refractivity contribution is 0.0954. The molecular weight excluding hydrogens is 283 g/mol. The minimum atomic E-state index is -0.979. The van der Waals surface area contributed by atoms with Crippen molar-refractivity contribution >= 4 is 39.9 Å². The maximum Gasteiger partial charge on any atom is 0.253 e. The number of carbonyl (C=O) groups excluding carboxylic acids is 1. The molecule has 0 saturated carbocycles. The van der Waals surface area contributed by atoms with Crippen molar-refractivity contribution in [1.82, 2.24) is 10.3 Å². The maximum atomic E-state index is 11.8. The van der Waals surface area contributed by atoms with Crippen LogP contribution in [0.25, 0.3) is 0 Å². The molecule has 2 atom stereocenters. The van der Waals surface area contributed by atoms with Crippen LogP contribution in [0.1, 0.15) is 17.3 Å². The second-order valence-corrected chi connectivity index (χ2v) is 6.10. The lowest BCUT2D eigenvalue weighted by Gasteiger charge is -2.10. The lowest BCUT2D eigenvalue weighted by atomic mass is 10.2. The minimum Gasteiger partial charge on any atom is -0.351 e. The Morgan fingerprint density at radius 1 is 1.59 bits per heavy atom. The summed E-state index contributed by atoms with van der Waals surface area (Å²) in [5.74, 6) is -0.350. The number of pyridine rings is 1. The fourth-order valence-electron chi connectivity index (χ4n) is 1.04. The number of carbonyl (C=O) groups is 1. The van der Waals surface area contributed by atoms with E-state index in [-0.39, 0.29) is 26.9 Å². The molecule has 0 spiro atoms. The van der Waals surface area contributed by atoms with Gasteiger partial charge >= 0.3 is 0 Å². The predicted octanol–water partition coefficient (Wildman–Crippen LogP) is 1.89. The number of nitrogens with one attached hydrogen (secondary N) is 1. The van der Waals surface area contributed by atoms with E-state index < -0.39 is 10.8 Å². The van der Waals surface area contributed by atoms with Gasteiger partial charge in [-0.3, -0.25) is 9.00 Å². The van der Waals surface area contributed by atoms with Gasteiger partial charge in [0.25, 0.3) is 5.91 Å². The molecule has 1 N–H and O–H groups in total. The van der Waals surface area contributed by atoms with Gasteiger partial charge in [0.2, 0.25) is 0 Å².